The van der Waals surface area contributed by atoms with Crippen LogP contribution in [0.4, 0.5) is 5.69 Å². The zero-order valence-electron chi connectivity index (χ0n) is 19.4. The number of hydrogen-bond acceptors (Lipinski definition) is 7. The molecule has 0 spiro atoms. The highest BCUT2D eigenvalue weighted by atomic mass is 32.2. The van der Waals surface area contributed by atoms with E-state index in [1.807, 2.05) is 38.1 Å². The molecule has 0 radical (unpaired) electrons. The molecule has 0 bridgehead atoms. The Morgan fingerprint density at radius 1 is 1.18 bits per heavy atom. The van der Waals surface area contributed by atoms with Crippen LogP contribution in [0.3, 0.4) is 0 Å². The highest BCUT2D eigenvalue weighted by molar-refractivity contribution is 7.89. The molecule has 1 aliphatic heterocycles. The van der Waals surface area contributed by atoms with Crippen LogP contribution in [0.5, 0.6) is 0 Å². The molecule has 1 aliphatic rings. The van der Waals surface area contributed by atoms with Crippen LogP contribution in [0, 0.1) is 12.1 Å². The quantitative estimate of drug-likeness (QED) is 0.346. The van der Waals surface area contributed by atoms with E-state index in [1.165, 1.54) is 16.3 Å². The van der Waals surface area contributed by atoms with Gasteiger partial charge < -0.3 is 19.8 Å². The van der Waals surface area contributed by atoms with Crippen LogP contribution in [0.2, 0.25) is 0 Å². The highest BCUT2D eigenvalue weighted by Gasteiger charge is 2.47. The minimum absolute atomic E-state index is 0.0856. The minimum Gasteiger partial charge on any atom is -0.597 e. The number of anilines is 1. The number of nitrogens with zero attached hydrogens (tertiary/aromatic N) is 5. The second kappa shape index (κ2) is 9.75. The van der Waals surface area contributed by atoms with Crippen molar-refractivity contribution < 1.29 is 22.9 Å². The molecule has 2 aromatic rings. The molecule has 1 saturated heterocycles. The fraction of sp³-hybridized carbons (Fsp3) is 0.409. The van der Waals surface area contributed by atoms with Gasteiger partial charge in [0.25, 0.3) is 12.5 Å². The lowest BCUT2D eigenvalue weighted by Gasteiger charge is -2.31. The maximum Gasteiger partial charge on any atom is 0.294 e. The first-order valence-electron chi connectivity index (χ1n) is 10.4. The zero-order chi connectivity index (χ0) is 24.3. The van der Waals surface area contributed by atoms with E-state index >= 15 is 0 Å². The Hall–Kier alpha value is -3.18. The molecule has 0 aromatic heterocycles. The number of sulfonamides is 1. The van der Waals surface area contributed by atoms with Gasteiger partial charge in [0, 0.05) is 32.4 Å². The van der Waals surface area contributed by atoms with Crippen LogP contribution in [0.1, 0.15) is 24.2 Å². The van der Waals surface area contributed by atoms with Gasteiger partial charge in [-0.05, 0) is 48.5 Å². The zero-order valence-corrected chi connectivity index (χ0v) is 20.2. The Morgan fingerprint density at radius 2 is 1.79 bits per heavy atom. The Balaban J connectivity index is 2.07. The predicted octanol–water partition coefficient (Wildman–Crippen LogP) is 2.51. The van der Waals surface area contributed by atoms with Crippen molar-refractivity contribution in [2.75, 3.05) is 39.2 Å². The van der Waals surface area contributed by atoms with Gasteiger partial charge in [-0.1, -0.05) is 29.8 Å². The van der Waals surface area contributed by atoms with Crippen LogP contribution >= 0.6 is 0 Å². The molecule has 0 aliphatic carbocycles. The monoisotopic (exact) mass is 475 g/mol. The van der Waals surface area contributed by atoms with E-state index in [-0.39, 0.29) is 16.3 Å². The molecule has 2 atom stereocenters. The molecule has 178 valence electrons. The first kappa shape index (κ1) is 24.5. The Labute approximate surface area is 194 Å². The number of carbonyl (C=O) groups is 1. The smallest absolute Gasteiger partial charge is 0.294 e. The summed E-state index contributed by atoms with van der Waals surface area (Å²) in [6.07, 6.45) is -0.911. The average molecular weight is 476 g/mol. The average Bonchev–Trinajstić information content (AvgIpc) is 3.12. The lowest BCUT2D eigenvalue weighted by atomic mass is 10.1. The number of aryl methyl sites for hydroxylation is 1. The molecule has 1 amide bonds. The number of benzene rings is 2. The van der Waals surface area contributed by atoms with Crippen molar-refractivity contribution in [3.05, 3.63) is 64.9 Å². The first-order chi connectivity index (χ1) is 15.6. The van der Waals surface area contributed by atoms with E-state index in [0.29, 0.717) is 5.56 Å². The summed E-state index contributed by atoms with van der Waals surface area (Å²) in [7, 11) is 1.08. The van der Waals surface area contributed by atoms with Gasteiger partial charge >= 0.3 is 0 Å². The van der Waals surface area contributed by atoms with E-state index in [1.54, 1.807) is 43.3 Å². The van der Waals surface area contributed by atoms with Crippen molar-refractivity contribution in [1.29, 1.82) is 0 Å². The fourth-order valence-electron chi connectivity index (χ4n) is 3.87. The summed E-state index contributed by atoms with van der Waals surface area (Å²) in [5.41, 5.74) is 2.49. The van der Waals surface area contributed by atoms with Gasteiger partial charge in [0.15, 0.2) is 5.28 Å². The Morgan fingerprint density at radius 3 is 2.33 bits per heavy atom. The molecular formula is C22H29N5O5S. The van der Waals surface area contributed by atoms with Gasteiger partial charge in [0.05, 0.1) is 4.90 Å². The van der Waals surface area contributed by atoms with E-state index in [0.717, 1.165) is 11.3 Å². The summed E-state index contributed by atoms with van der Waals surface area (Å²) in [6, 6.07) is 13.4. The SMILES string of the molecule is CO/N=[N+](\[O-])CC(=O)N1C(C)CN(S(=O)(=O)c2ccc(C)cc2)C1c1ccc(N(C)C)cc1. The second-order valence-corrected chi connectivity index (χ2v) is 10.1. The van der Waals surface area contributed by atoms with E-state index in [9.17, 15) is 18.4 Å². The number of hydrogen-bond donors (Lipinski definition) is 0. The summed E-state index contributed by atoms with van der Waals surface area (Å²) in [6.45, 7) is 3.13. The molecule has 2 unspecified atom stereocenters. The molecule has 10 nitrogen and oxygen atoms in total. The highest BCUT2D eigenvalue weighted by Crippen LogP contribution is 2.38. The van der Waals surface area contributed by atoms with E-state index < -0.39 is 34.7 Å². The third-order valence-corrected chi connectivity index (χ3v) is 7.36. The van der Waals surface area contributed by atoms with Gasteiger partial charge in [0.1, 0.15) is 13.3 Å². The van der Waals surface area contributed by atoms with Gasteiger partial charge in [-0.3, -0.25) is 4.79 Å². The summed E-state index contributed by atoms with van der Waals surface area (Å²) >= 11 is 0. The summed E-state index contributed by atoms with van der Waals surface area (Å²) in [4.78, 5) is 21.2. The second-order valence-electron chi connectivity index (χ2n) is 8.17. The van der Waals surface area contributed by atoms with Gasteiger partial charge in [-0.15, -0.1) is 0 Å². The largest absolute Gasteiger partial charge is 0.597 e. The predicted molar refractivity (Wildman–Crippen MR) is 123 cm³/mol. The summed E-state index contributed by atoms with van der Waals surface area (Å²) in [5.74, 6) is -0.554. The van der Waals surface area contributed by atoms with Gasteiger partial charge in [-0.25, -0.2) is 8.42 Å². The van der Waals surface area contributed by atoms with Crippen molar-refractivity contribution in [2.45, 2.75) is 31.0 Å². The van der Waals surface area contributed by atoms with Crippen LogP contribution in [0.15, 0.2) is 58.7 Å². The molecule has 3 rings (SSSR count). The van der Waals surface area contributed by atoms with Crippen LogP contribution < -0.4 is 4.90 Å². The van der Waals surface area contributed by atoms with Crippen molar-refractivity contribution in [1.82, 2.24) is 9.21 Å². The molecule has 33 heavy (non-hydrogen) atoms. The topological polar surface area (TPSA) is 109 Å². The molecule has 0 saturated carbocycles. The van der Waals surface area contributed by atoms with Crippen molar-refractivity contribution in [3.8, 4) is 0 Å². The number of hydroxylamine groups is 1. The van der Waals surface area contributed by atoms with Crippen molar-refractivity contribution >= 4 is 21.6 Å². The minimum atomic E-state index is -3.93. The maximum atomic E-state index is 13.6. The summed E-state index contributed by atoms with van der Waals surface area (Å²) in [5, 5.41) is 15.1. The Kier molecular flexibility index (Phi) is 7.23. The lowest BCUT2D eigenvalue weighted by molar-refractivity contribution is -0.547. The van der Waals surface area contributed by atoms with Crippen LogP contribution in [0.25, 0.3) is 0 Å². The third kappa shape index (κ3) is 5.09. The molecule has 1 heterocycles. The van der Waals surface area contributed by atoms with Gasteiger partial charge in [0.2, 0.25) is 10.0 Å². The molecular weight excluding hydrogens is 446 g/mol. The van der Waals surface area contributed by atoms with E-state index in [2.05, 4.69) is 10.1 Å². The maximum absolute atomic E-state index is 13.6. The van der Waals surface area contributed by atoms with Gasteiger partial charge in [-0.2, -0.15) is 4.31 Å². The van der Waals surface area contributed by atoms with Crippen LogP contribution in [-0.4, -0.2) is 68.7 Å². The molecule has 11 heteroatoms. The van der Waals surface area contributed by atoms with Crippen molar-refractivity contribution in [2.24, 2.45) is 5.28 Å². The number of carbonyl (C=O) groups excluding carboxylic acids is 1. The summed E-state index contributed by atoms with van der Waals surface area (Å²) < 4.78 is 28.5. The molecule has 1 fully saturated rings. The fourth-order valence-corrected chi connectivity index (χ4v) is 5.52. The van der Waals surface area contributed by atoms with Crippen LogP contribution in [-0.2, 0) is 19.7 Å². The normalized spacial score (nSPS) is 19.5. The first-order valence-corrected chi connectivity index (χ1v) is 11.9. The number of rotatable bonds is 7. The van der Waals surface area contributed by atoms with E-state index in [4.69, 9.17) is 0 Å². The lowest BCUT2D eigenvalue weighted by Crippen LogP contribution is -2.42. The third-order valence-electron chi connectivity index (χ3n) is 5.52. The molecule has 2 aromatic carbocycles. The molecule has 0 N–H and O–H groups in total. The number of amides is 1. The van der Waals surface area contributed by atoms with Crippen molar-refractivity contribution in [3.63, 3.8) is 0 Å². The Bertz CT molecular complexity index is 1120. The standard InChI is InChI=1S/C22H29N5O5S/c1-16-6-12-20(13-7-16)33(30,31)25-14-17(2)27(21(28)15-26(29)23-32-5)22(25)18-8-10-19(11-9-18)24(3)4/h6-13,17,22H,14-15H2,1-5H3/b26-23-.